The van der Waals surface area contributed by atoms with Gasteiger partial charge in [0.05, 0.1) is 11.0 Å². The maximum Gasteiger partial charge on any atom is 0.0911 e. The van der Waals surface area contributed by atoms with E-state index in [4.69, 9.17) is 0 Å². The number of rotatable bonds is 1. The average molecular weight is 175 g/mol. The molecule has 0 spiro atoms. The van der Waals surface area contributed by atoms with Crippen LogP contribution in [-0.2, 0) is 11.0 Å². The Balaban J connectivity index is 0.000000605. The largest absolute Gasteiger partial charge is 0.243 e. The van der Waals surface area contributed by atoms with Crippen molar-refractivity contribution < 1.29 is 4.21 Å². The molecule has 0 aromatic rings. The highest BCUT2D eigenvalue weighted by molar-refractivity contribution is 7.81. The van der Waals surface area contributed by atoms with Crippen molar-refractivity contribution in [2.24, 2.45) is 11.3 Å². The highest BCUT2D eigenvalue weighted by Gasteiger charge is 2.56. The third kappa shape index (κ3) is 1.36. The number of piperidine rings is 1. The van der Waals surface area contributed by atoms with E-state index in [1.165, 1.54) is 6.42 Å². The molecule has 11 heavy (non-hydrogen) atoms. The van der Waals surface area contributed by atoms with Gasteiger partial charge < -0.3 is 0 Å². The van der Waals surface area contributed by atoms with E-state index < -0.39 is 11.0 Å². The summed E-state index contributed by atoms with van der Waals surface area (Å²) in [6.07, 6.45) is 3.13. The van der Waals surface area contributed by atoms with Crippen molar-refractivity contribution in [2.75, 3.05) is 19.3 Å². The highest BCUT2D eigenvalue weighted by Crippen LogP contribution is 2.57. The fourth-order valence-electron chi connectivity index (χ4n) is 1.89. The van der Waals surface area contributed by atoms with Gasteiger partial charge in [0.25, 0.3) is 0 Å². The van der Waals surface area contributed by atoms with Crippen molar-refractivity contribution >= 4 is 11.0 Å². The first kappa shape index (κ1) is 9.20. The van der Waals surface area contributed by atoms with Gasteiger partial charge in [-0.15, -0.1) is 0 Å². The summed E-state index contributed by atoms with van der Waals surface area (Å²) in [5, 5.41) is 0. The quantitative estimate of drug-likeness (QED) is 0.587. The maximum absolute atomic E-state index is 11.0. The molecule has 0 aromatic carbocycles. The molecule has 1 saturated heterocycles. The Morgan fingerprint density at radius 3 is 2.55 bits per heavy atom. The summed E-state index contributed by atoms with van der Waals surface area (Å²) >= 11 is 0. The fourth-order valence-corrected chi connectivity index (χ4v) is 2.76. The van der Waals surface area contributed by atoms with Gasteiger partial charge in [0.1, 0.15) is 0 Å². The van der Waals surface area contributed by atoms with E-state index >= 15 is 0 Å². The number of hydrogen-bond acceptors (Lipinski definition) is 1. The lowest BCUT2D eigenvalue weighted by Crippen LogP contribution is -2.25. The average Bonchev–Trinajstić information content (AvgIpc) is 2.32. The molecule has 1 heterocycles. The van der Waals surface area contributed by atoms with Crippen LogP contribution in [0.4, 0.5) is 0 Å². The van der Waals surface area contributed by atoms with E-state index in [1.807, 2.05) is 0 Å². The first-order valence-electron chi connectivity index (χ1n) is 3.70. The normalized spacial score (nSPS) is 44.4. The maximum atomic E-state index is 11.0. The van der Waals surface area contributed by atoms with Crippen molar-refractivity contribution in [2.45, 2.75) is 20.8 Å². The predicted octanol–water partition coefficient (Wildman–Crippen LogP) is 1.26. The van der Waals surface area contributed by atoms with Crippen molar-refractivity contribution in [1.29, 1.82) is 0 Å². The Morgan fingerprint density at radius 1 is 1.64 bits per heavy atom. The van der Waals surface area contributed by atoms with E-state index in [2.05, 4.69) is 11.2 Å². The molecule has 1 aliphatic heterocycles. The van der Waals surface area contributed by atoms with Crippen molar-refractivity contribution in [3.8, 4) is 0 Å². The van der Waals surface area contributed by atoms with Crippen LogP contribution in [0.15, 0.2) is 0 Å². The van der Waals surface area contributed by atoms with Crippen LogP contribution in [0, 0.1) is 11.3 Å². The standard InChI is InChI=1S/C7H13NOS.CH4/c1-7-3-6(7)4-8(5-7)10(2)9;/h6H,3-5H2,1-2H3;1H4. The summed E-state index contributed by atoms with van der Waals surface area (Å²) in [5.74, 6) is 0.858. The summed E-state index contributed by atoms with van der Waals surface area (Å²) in [6.45, 7) is 4.42. The Morgan fingerprint density at radius 2 is 2.27 bits per heavy atom. The minimum Gasteiger partial charge on any atom is -0.243 e. The van der Waals surface area contributed by atoms with E-state index in [-0.39, 0.29) is 7.43 Å². The Bertz CT molecular complexity index is 195. The second-order valence-electron chi connectivity index (χ2n) is 3.80. The molecule has 0 N–H and O–H groups in total. The topological polar surface area (TPSA) is 20.3 Å². The minimum atomic E-state index is -0.724. The van der Waals surface area contributed by atoms with Crippen LogP contribution in [0.1, 0.15) is 20.8 Å². The second kappa shape index (κ2) is 2.56. The van der Waals surface area contributed by atoms with Gasteiger partial charge in [0.2, 0.25) is 0 Å². The van der Waals surface area contributed by atoms with Crippen molar-refractivity contribution in [3.05, 3.63) is 0 Å². The molecule has 2 fully saturated rings. The summed E-state index contributed by atoms with van der Waals surface area (Å²) in [5.41, 5.74) is 0.547. The summed E-state index contributed by atoms with van der Waals surface area (Å²) in [7, 11) is -0.724. The molecule has 2 rings (SSSR count). The van der Waals surface area contributed by atoms with Crippen LogP contribution < -0.4 is 0 Å². The van der Waals surface area contributed by atoms with Crippen LogP contribution in [0.5, 0.6) is 0 Å². The minimum absolute atomic E-state index is 0. The summed E-state index contributed by atoms with van der Waals surface area (Å²) in [4.78, 5) is 0. The lowest BCUT2D eigenvalue weighted by molar-refractivity contribution is 0.446. The molecule has 0 radical (unpaired) electrons. The number of nitrogens with zero attached hydrogens (tertiary/aromatic N) is 1. The first-order valence-corrected chi connectivity index (χ1v) is 5.22. The molecule has 0 aromatic heterocycles. The summed E-state index contributed by atoms with van der Waals surface area (Å²) in [6, 6.07) is 0. The Kier molecular flexibility index (Phi) is 2.14. The molecule has 3 unspecified atom stereocenters. The van der Waals surface area contributed by atoms with Crippen LogP contribution >= 0.6 is 0 Å². The molecular formula is C8H17NOS. The smallest absolute Gasteiger partial charge is 0.0911 e. The van der Waals surface area contributed by atoms with E-state index in [9.17, 15) is 4.21 Å². The third-order valence-corrected chi connectivity index (χ3v) is 3.87. The SMILES string of the molecule is C.CS(=O)N1CC2CC2(C)C1. The highest BCUT2D eigenvalue weighted by atomic mass is 32.2. The molecular weight excluding hydrogens is 158 g/mol. The predicted molar refractivity (Wildman–Crippen MR) is 48.6 cm³/mol. The second-order valence-corrected chi connectivity index (χ2v) is 5.17. The fraction of sp³-hybridized carbons (Fsp3) is 1.00. The van der Waals surface area contributed by atoms with Gasteiger partial charge >= 0.3 is 0 Å². The van der Waals surface area contributed by atoms with E-state index in [0.29, 0.717) is 5.41 Å². The van der Waals surface area contributed by atoms with Gasteiger partial charge in [-0.05, 0) is 17.8 Å². The van der Waals surface area contributed by atoms with Gasteiger partial charge in [0, 0.05) is 19.3 Å². The van der Waals surface area contributed by atoms with Gasteiger partial charge in [-0.25, -0.2) is 8.51 Å². The molecule has 3 atom stereocenters. The molecule has 0 bridgehead atoms. The molecule has 2 aliphatic rings. The zero-order valence-electron chi connectivity index (χ0n) is 6.46. The van der Waals surface area contributed by atoms with Gasteiger partial charge in [-0.3, -0.25) is 0 Å². The lowest BCUT2D eigenvalue weighted by Gasteiger charge is -2.14. The van der Waals surface area contributed by atoms with Crippen molar-refractivity contribution in [1.82, 2.24) is 4.31 Å². The molecule has 3 heteroatoms. The van der Waals surface area contributed by atoms with Crippen LogP contribution in [0.2, 0.25) is 0 Å². The molecule has 1 saturated carbocycles. The van der Waals surface area contributed by atoms with Gasteiger partial charge in [0.15, 0.2) is 0 Å². The third-order valence-electron chi connectivity index (χ3n) is 2.86. The first-order chi connectivity index (χ1) is 4.62. The Hall–Kier alpha value is 0.110. The Labute approximate surface area is 71.6 Å². The molecule has 0 amide bonds. The van der Waals surface area contributed by atoms with Gasteiger partial charge in [-0.2, -0.15) is 0 Å². The van der Waals surface area contributed by atoms with Crippen LogP contribution in [0.3, 0.4) is 0 Å². The molecule has 2 nitrogen and oxygen atoms in total. The van der Waals surface area contributed by atoms with E-state index in [0.717, 1.165) is 19.0 Å². The summed E-state index contributed by atoms with van der Waals surface area (Å²) < 4.78 is 13.1. The molecule has 66 valence electrons. The van der Waals surface area contributed by atoms with Crippen LogP contribution in [-0.4, -0.2) is 27.9 Å². The van der Waals surface area contributed by atoms with Crippen molar-refractivity contribution in [3.63, 3.8) is 0 Å². The van der Waals surface area contributed by atoms with E-state index in [1.54, 1.807) is 6.26 Å². The zero-order chi connectivity index (χ0) is 7.35. The monoisotopic (exact) mass is 175 g/mol. The number of hydrogen-bond donors (Lipinski definition) is 0. The lowest BCUT2D eigenvalue weighted by atomic mass is 10.1. The number of fused-ring (bicyclic) bond motifs is 1. The zero-order valence-corrected chi connectivity index (χ0v) is 7.28. The van der Waals surface area contributed by atoms with Crippen LogP contribution in [0.25, 0.3) is 0 Å². The van der Waals surface area contributed by atoms with Gasteiger partial charge in [-0.1, -0.05) is 14.4 Å². The molecule has 1 aliphatic carbocycles.